The second-order valence-corrected chi connectivity index (χ2v) is 16.1. The standard InChI is InChI=1S/C50H49ClFN7O9/c1-6-46(60)57-42-27-38-41(54-29-55-48(38)56-31-8-14-40(52)39(51)24-31)28-45(42)67-22-21-66-20-19-65-18-17-64-16-15-53-49(61)30-7-11-34(37(23-30)50(62)63)47-35-12-9-32(58(2)3)25-43(35)68-44-26-33(59(4)5)10-13-36(44)47/h6-14,23-29,53H,1,15-22H2,2-5H3,(H2,61,62,63). The fourth-order valence-electron chi connectivity index (χ4n) is 7.17. The number of nitrogens with zero attached hydrogens (tertiary/aromatic N) is 4. The van der Waals surface area contributed by atoms with Crippen LogP contribution < -0.4 is 40.6 Å². The number of amides is 2. The first-order chi connectivity index (χ1) is 32.8. The fraction of sp³-hybridized carbons (Fsp3) is 0.240. The number of hydrogen-bond donors (Lipinski definition) is 3. The first-order valence-corrected chi connectivity index (χ1v) is 21.8. The molecule has 0 bridgehead atoms. The summed E-state index contributed by atoms with van der Waals surface area (Å²) >= 11 is 5.95. The molecule has 0 radical (unpaired) electrons. The molecule has 0 atom stereocenters. The van der Waals surface area contributed by atoms with Crippen LogP contribution in [-0.2, 0) is 19.0 Å². The van der Waals surface area contributed by atoms with Gasteiger partial charge in [0.1, 0.15) is 55.8 Å². The number of carboxylic acid groups (broad SMARTS) is 1. The highest BCUT2D eigenvalue weighted by Gasteiger charge is 2.22. The maximum atomic E-state index is 13.7. The number of hydrogen-bond acceptors (Lipinski definition) is 13. The SMILES string of the molecule is C=CC(=O)Nc1cc2c(Nc3ccc(F)c(Cl)c3)ncnc2cc1OCCOCCOCCOCCNC(=O)c1ccc(-c2c3ccc(=[N+](C)C)cc-3oc3cc(N(C)C)ccc23)c(C(=O)[O-])c1. The van der Waals surface area contributed by atoms with E-state index in [0.29, 0.717) is 67.3 Å². The third-order valence-corrected chi connectivity index (χ3v) is 10.9. The van der Waals surface area contributed by atoms with Gasteiger partial charge in [0.15, 0.2) is 0 Å². The number of carbonyl (C=O) groups is 3. The number of halogens is 2. The molecule has 3 N–H and O–H groups in total. The minimum Gasteiger partial charge on any atom is -0.545 e. The maximum absolute atomic E-state index is 13.7. The average Bonchev–Trinajstić information content (AvgIpc) is 3.32. The molecule has 0 unspecified atom stereocenters. The Kier molecular flexibility index (Phi) is 16.0. The van der Waals surface area contributed by atoms with Crippen molar-refractivity contribution in [3.8, 4) is 28.2 Å². The molecular weight excluding hydrogens is 897 g/mol. The highest BCUT2D eigenvalue weighted by molar-refractivity contribution is 6.31. The van der Waals surface area contributed by atoms with Crippen molar-refractivity contribution in [1.82, 2.24) is 19.9 Å². The summed E-state index contributed by atoms with van der Waals surface area (Å²) in [7, 11) is 7.71. The number of anilines is 4. The third kappa shape index (κ3) is 11.7. The summed E-state index contributed by atoms with van der Waals surface area (Å²) in [5.41, 5.74) is 4.64. The Hall–Kier alpha value is -7.44. The van der Waals surface area contributed by atoms with Gasteiger partial charge in [-0.15, -0.1) is 0 Å². The Morgan fingerprint density at radius 3 is 2.29 bits per heavy atom. The quantitative estimate of drug-likeness (QED) is 0.0323. The van der Waals surface area contributed by atoms with Gasteiger partial charge in [-0.1, -0.05) is 24.2 Å². The highest BCUT2D eigenvalue weighted by atomic mass is 35.5. The van der Waals surface area contributed by atoms with E-state index in [1.54, 1.807) is 24.3 Å². The van der Waals surface area contributed by atoms with E-state index in [-0.39, 0.29) is 68.9 Å². The van der Waals surface area contributed by atoms with Crippen molar-refractivity contribution in [3.05, 3.63) is 131 Å². The number of carbonyl (C=O) groups excluding carboxylic acids is 3. The lowest BCUT2D eigenvalue weighted by molar-refractivity contribution is -0.254. The van der Waals surface area contributed by atoms with Gasteiger partial charge in [0.05, 0.1) is 67.9 Å². The summed E-state index contributed by atoms with van der Waals surface area (Å²) in [6.45, 7) is 5.36. The number of aromatic carboxylic acids is 1. The second-order valence-electron chi connectivity index (χ2n) is 15.7. The number of carboxylic acids is 1. The van der Waals surface area contributed by atoms with Gasteiger partial charge in [-0.2, -0.15) is 0 Å². The average molecular weight is 946 g/mol. The maximum Gasteiger partial charge on any atom is 0.251 e. The van der Waals surface area contributed by atoms with Crippen molar-refractivity contribution < 1.29 is 47.2 Å². The van der Waals surface area contributed by atoms with Crippen LogP contribution in [0.3, 0.4) is 0 Å². The molecule has 18 heteroatoms. The van der Waals surface area contributed by atoms with E-state index in [2.05, 4.69) is 32.5 Å². The summed E-state index contributed by atoms with van der Waals surface area (Å²) in [6, 6.07) is 23.6. The van der Waals surface area contributed by atoms with Crippen molar-refractivity contribution in [1.29, 1.82) is 0 Å². The Balaban J connectivity index is 0.858. The predicted molar refractivity (Wildman–Crippen MR) is 257 cm³/mol. The Morgan fingerprint density at radius 2 is 1.59 bits per heavy atom. The van der Waals surface area contributed by atoms with Crippen LogP contribution in [0, 0.1) is 5.82 Å². The molecule has 0 saturated carbocycles. The van der Waals surface area contributed by atoms with Crippen LogP contribution in [0.2, 0.25) is 5.02 Å². The monoisotopic (exact) mass is 945 g/mol. The van der Waals surface area contributed by atoms with E-state index in [9.17, 15) is 23.9 Å². The number of rotatable bonds is 21. The molecule has 0 fully saturated rings. The van der Waals surface area contributed by atoms with E-state index in [1.165, 1.54) is 30.6 Å². The molecule has 1 aliphatic heterocycles. The fourth-order valence-corrected chi connectivity index (χ4v) is 7.35. The van der Waals surface area contributed by atoms with Gasteiger partial charge in [-0.3, -0.25) is 9.59 Å². The van der Waals surface area contributed by atoms with Gasteiger partial charge in [0.2, 0.25) is 11.3 Å². The van der Waals surface area contributed by atoms with Gasteiger partial charge in [-0.05, 0) is 66.2 Å². The van der Waals surface area contributed by atoms with Crippen molar-refractivity contribution in [2.45, 2.75) is 0 Å². The zero-order valence-corrected chi connectivity index (χ0v) is 38.6. The summed E-state index contributed by atoms with van der Waals surface area (Å²) in [5, 5.41) is 23.4. The Labute approximate surface area is 395 Å². The summed E-state index contributed by atoms with van der Waals surface area (Å²) in [4.78, 5) is 48.7. The highest BCUT2D eigenvalue weighted by Crippen LogP contribution is 2.42. The molecule has 352 valence electrons. The molecule has 0 saturated heterocycles. The molecule has 16 nitrogen and oxygen atoms in total. The van der Waals surface area contributed by atoms with Gasteiger partial charge >= 0.3 is 0 Å². The molecule has 68 heavy (non-hydrogen) atoms. The van der Waals surface area contributed by atoms with E-state index < -0.39 is 23.6 Å². The van der Waals surface area contributed by atoms with E-state index in [4.69, 9.17) is 35.0 Å². The topological polar surface area (TPSA) is 192 Å². The summed E-state index contributed by atoms with van der Waals surface area (Å²) in [6.07, 6.45) is 2.49. The molecule has 1 aromatic heterocycles. The van der Waals surface area contributed by atoms with Crippen LogP contribution in [0.15, 0.2) is 108 Å². The summed E-state index contributed by atoms with van der Waals surface area (Å²) < 4.78 is 44.9. The minimum atomic E-state index is -1.42. The number of aromatic nitrogens is 2. The van der Waals surface area contributed by atoms with Crippen molar-refractivity contribution in [2.75, 3.05) is 96.5 Å². The first kappa shape index (κ1) is 48.5. The van der Waals surface area contributed by atoms with Crippen LogP contribution in [-0.4, -0.2) is 109 Å². The van der Waals surface area contributed by atoms with Crippen LogP contribution >= 0.6 is 11.6 Å². The number of fused-ring (bicyclic) bond motifs is 3. The molecule has 7 rings (SSSR count). The van der Waals surface area contributed by atoms with E-state index in [1.807, 2.05) is 74.1 Å². The predicted octanol–water partition coefficient (Wildman–Crippen LogP) is 6.13. The molecule has 0 spiro atoms. The zero-order chi connectivity index (χ0) is 48.3. The van der Waals surface area contributed by atoms with Crippen LogP contribution in [0.4, 0.5) is 27.3 Å². The lowest BCUT2D eigenvalue weighted by Gasteiger charge is -2.20. The lowest BCUT2D eigenvalue weighted by Crippen LogP contribution is -2.29. The van der Waals surface area contributed by atoms with Crippen LogP contribution in [0.25, 0.3) is 44.3 Å². The van der Waals surface area contributed by atoms with Crippen molar-refractivity contribution in [3.63, 3.8) is 0 Å². The van der Waals surface area contributed by atoms with E-state index >= 15 is 0 Å². The number of nitrogens with one attached hydrogen (secondary N) is 3. The first-order valence-electron chi connectivity index (χ1n) is 21.4. The Bertz CT molecular complexity index is 3050. The van der Waals surface area contributed by atoms with Crippen LogP contribution in [0.5, 0.6) is 5.75 Å². The van der Waals surface area contributed by atoms with Gasteiger partial charge in [-0.25, -0.2) is 18.9 Å². The van der Waals surface area contributed by atoms with E-state index in [0.717, 1.165) is 17.1 Å². The van der Waals surface area contributed by atoms with Crippen molar-refractivity contribution >= 4 is 74.1 Å². The van der Waals surface area contributed by atoms with Crippen LogP contribution in [0.1, 0.15) is 20.7 Å². The van der Waals surface area contributed by atoms with Gasteiger partial charge in [0.25, 0.3) is 5.91 Å². The smallest absolute Gasteiger partial charge is 0.251 e. The number of benzene rings is 5. The lowest BCUT2D eigenvalue weighted by atomic mass is 9.89. The van der Waals surface area contributed by atoms with Gasteiger partial charge < -0.3 is 54.1 Å². The second kappa shape index (κ2) is 22.4. The largest absolute Gasteiger partial charge is 0.545 e. The summed E-state index contributed by atoms with van der Waals surface area (Å²) in [5.74, 6) is -1.57. The van der Waals surface area contributed by atoms with Crippen molar-refractivity contribution in [2.24, 2.45) is 0 Å². The van der Waals surface area contributed by atoms with Gasteiger partial charge in [0, 0.05) is 83.2 Å². The zero-order valence-electron chi connectivity index (χ0n) is 37.8. The Morgan fingerprint density at radius 1 is 0.853 bits per heavy atom. The normalized spacial score (nSPS) is 11.1. The molecule has 5 aromatic rings. The molecular formula is C50H49ClFN7O9. The molecule has 4 aromatic carbocycles. The molecule has 2 aliphatic rings. The number of ether oxygens (including phenoxy) is 4. The molecule has 2 heterocycles. The third-order valence-electron chi connectivity index (χ3n) is 10.6. The minimum absolute atomic E-state index is 0.0519. The molecule has 1 aliphatic carbocycles. The molecule has 2 amide bonds.